The molecule has 0 spiro atoms. The highest BCUT2D eigenvalue weighted by Gasteiger charge is 2.47. The van der Waals surface area contributed by atoms with Gasteiger partial charge in [0, 0.05) is 12.6 Å². The molecule has 0 aromatic heterocycles. The highest BCUT2D eigenvalue weighted by atomic mass is 35.5. The van der Waals surface area contributed by atoms with Crippen LogP contribution in [0.4, 0.5) is 13.2 Å². The van der Waals surface area contributed by atoms with Gasteiger partial charge in [0.05, 0.1) is 27.3 Å². The van der Waals surface area contributed by atoms with Crippen molar-refractivity contribution in [2.45, 2.75) is 60.2 Å². The number of hydrogen-bond acceptors (Lipinski definition) is 6. The summed E-state index contributed by atoms with van der Waals surface area (Å²) in [6.45, 7) is 0.825. The van der Waals surface area contributed by atoms with Gasteiger partial charge in [-0.2, -0.15) is 18.4 Å². The standard InChI is InChI=1S/C18H19ClF3N3O4S/c1-10(18(20,21)22)29-11-2-3-15(13(19)6-11)30(27,28)12-7-14(24-8-12)16(26)25-17(9-23)4-5-17/h2-3,6,10,12,14,24H,4-5,7-8H2,1H3,(H,25,26)/t10?,12-,14+/m1/s1. The van der Waals surface area contributed by atoms with E-state index in [1.807, 2.05) is 6.07 Å². The second-order valence-electron chi connectivity index (χ2n) is 7.44. The minimum absolute atomic E-state index is 0.000336. The van der Waals surface area contributed by atoms with Crippen molar-refractivity contribution in [2.75, 3.05) is 6.54 Å². The molecule has 2 N–H and O–H groups in total. The molecule has 164 valence electrons. The smallest absolute Gasteiger partial charge is 0.425 e. The fraction of sp³-hybridized carbons (Fsp3) is 0.556. The van der Waals surface area contributed by atoms with Gasteiger partial charge in [-0.15, -0.1) is 0 Å². The Morgan fingerprint density at radius 1 is 1.43 bits per heavy atom. The van der Waals surface area contributed by atoms with Crippen LogP contribution in [0.5, 0.6) is 5.75 Å². The van der Waals surface area contributed by atoms with Crippen LogP contribution in [0.15, 0.2) is 23.1 Å². The average Bonchev–Trinajstić information content (AvgIpc) is 3.23. The molecule has 1 aromatic carbocycles. The van der Waals surface area contributed by atoms with Crippen molar-refractivity contribution in [1.82, 2.24) is 10.6 Å². The van der Waals surface area contributed by atoms with E-state index in [1.54, 1.807) is 0 Å². The number of alkyl halides is 3. The molecule has 1 unspecified atom stereocenters. The SMILES string of the molecule is CC(Oc1ccc(S(=O)(=O)[C@H]2CN[C@H](C(=O)NC3(C#N)CC3)C2)c(Cl)c1)C(F)(F)F. The van der Waals surface area contributed by atoms with E-state index in [1.165, 1.54) is 0 Å². The Balaban J connectivity index is 1.70. The summed E-state index contributed by atoms with van der Waals surface area (Å²) in [6.07, 6.45) is -5.57. The number of nitriles is 1. The lowest BCUT2D eigenvalue weighted by atomic mass is 10.2. The fourth-order valence-corrected chi connectivity index (χ4v) is 5.29. The molecule has 2 aliphatic rings. The van der Waals surface area contributed by atoms with Crippen LogP contribution in [0.3, 0.4) is 0 Å². The summed E-state index contributed by atoms with van der Waals surface area (Å²) in [6, 6.07) is 4.48. The van der Waals surface area contributed by atoms with E-state index in [-0.39, 0.29) is 28.6 Å². The largest absolute Gasteiger partial charge is 0.481 e. The topological polar surface area (TPSA) is 108 Å². The van der Waals surface area contributed by atoms with Crippen molar-refractivity contribution in [3.05, 3.63) is 23.2 Å². The van der Waals surface area contributed by atoms with Crippen molar-refractivity contribution < 1.29 is 31.1 Å². The highest BCUT2D eigenvalue weighted by molar-refractivity contribution is 7.92. The van der Waals surface area contributed by atoms with E-state index in [0.29, 0.717) is 12.8 Å². The first-order chi connectivity index (χ1) is 13.9. The van der Waals surface area contributed by atoms with E-state index in [0.717, 1.165) is 25.1 Å². The minimum Gasteiger partial charge on any atom is -0.481 e. The lowest BCUT2D eigenvalue weighted by Gasteiger charge is -2.19. The maximum Gasteiger partial charge on any atom is 0.425 e. The van der Waals surface area contributed by atoms with Crippen LogP contribution in [0.25, 0.3) is 0 Å². The zero-order valence-electron chi connectivity index (χ0n) is 15.8. The first-order valence-electron chi connectivity index (χ1n) is 9.11. The molecule has 1 saturated heterocycles. The number of halogens is 4. The van der Waals surface area contributed by atoms with E-state index < -0.39 is 44.9 Å². The predicted molar refractivity (Wildman–Crippen MR) is 101 cm³/mol. The number of nitrogens with zero attached hydrogens (tertiary/aromatic N) is 1. The number of rotatable bonds is 6. The zero-order valence-corrected chi connectivity index (χ0v) is 17.4. The molecule has 1 aliphatic carbocycles. The fourth-order valence-electron chi connectivity index (χ4n) is 3.09. The number of amides is 1. The van der Waals surface area contributed by atoms with Crippen LogP contribution in [0.2, 0.25) is 5.02 Å². The number of sulfone groups is 1. The number of hydrogen-bond donors (Lipinski definition) is 2. The molecular weight excluding hydrogens is 447 g/mol. The van der Waals surface area contributed by atoms with Crippen LogP contribution in [0.1, 0.15) is 26.2 Å². The number of carbonyl (C=O) groups excluding carboxylic acids is 1. The molecule has 12 heteroatoms. The molecule has 1 heterocycles. The highest BCUT2D eigenvalue weighted by Crippen LogP contribution is 2.35. The molecule has 3 atom stereocenters. The Morgan fingerprint density at radius 3 is 2.63 bits per heavy atom. The molecule has 1 saturated carbocycles. The summed E-state index contributed by atoms with van der Waals surface area (Å²) in [7, 11) is -3.96. The third-order valence-electron chi connectivity index (χ3n) is 5.16. The first kappa shape index (κ1) is 22.7. The van der Waals surface area contributed by atoms with Gasteiger partial charge in [-0.3, -0.25) is 4.79 Å². The van der Waals surface area contributed by atoms with Gasteiger partial charge in [0.1, 0.15) is 11.3 Å². The monoisotopic (exact) mass is 465 g/mol. The Kier molecular flexibility index (Phi) is 5.97. The first-order valence-corrected chi connectivity index (χ1v) is 11.0. The Morgan fingerprint density at radius 2 is 2.10 bits per heavy atom. The molecule has 30 heavy (non-hydrogen) atoms. The van der Waals surface area contributed by atoms with E-state index >= 15 is 0 Å². The number of ether oxygens (including phenoxy) is 1. The van der Waals surface area contributed by atoms with Crippen LogP contribution in [-0.4, -0.2) is 50.0 Å². The second-order valence-corrected chi connectivity index (χ2v) is 10.0. The van der Waals surface area contributed by atoms with Crippen molar-refractivity contribution >= 4 is 27.3 Å². The molecule has 0 radical (unpaired) electrons. The molecule has 1 aromatic rings. The molecule has 1 amide bonds. The van der Waals surface area contributed by atoms with Crippen molar-refractivity contribution in [1.29, 1.82) is 5.26 Å². The van der Waals surface area contributed by atoms with Crippen molar-refractivity contribution in [3.8, 4) is 11.8 Å². The van der Waals surface area contributed by atoms with Gasteiger partial charge >= 0.3 is 6.18 Å². The third kappa shape index (κ3) is 4.66. The lowest BCUT2D eigenvalue weighted by molar-refractivity contribution is -0.189. The maximum atomic E-state index is 12.9. The van der Waals surface area contributed by atoms with Crippen LogP contribution in [-0.2, 0) is 14.6 Å². The summed E-state index contributed by atoms with van der Waals surface area (Å²) < 4.78 is 68.5. The van der Waals surface area contributed by atoms with Gasteiger partial charge < -0.3 is 15.4 Å². The molecule has 2 fully saturated rings. The number of benzene rings is 1. The Bertz CT molecular complexity index is 989. The van der Waals surface area contributed by atoms with Crippen molar-refractivity contribution in [3.63, 3.8) is 0 Å². The average molecular weight is 466 g/mol. The molecular formula is C18H19ClF3N3O4S. The minimum atomic E-state index is -4.58. The molecule has 7 nitrogen and oxygen atoms in total. The molecule has 0 bridgehead atoms. The summed E-state index contributed by atoms with van der Waals surface area (Å²) in [4.78, 5) is 12.1. The molecule has 3 rings (SSSR count). The third-order valence-corrected chi connectivity index (χ3v) is 7.79. The lowest BCUT2D eigenvalue weighted by Crippen LogP contribution is -2.45. The van der Waals surface area contributed by atoms with E-state index in [9.17, 15) is 26.4 Å². The number of carbonyl (C=O) groups is 1. The van der Waals surface area contributed by atoms with Gasteiger partial charge in [-0.05, 0) is 38.3 Å². The second kappa shape index (κ2) is 7.90. The van der Waals surface area contributed by atoms with Gasteiger partial charge in [-0.25, -0.2) is 8.42 Å². The van der Waals surface area contributed by atoms with Gasteiger partial charge in [0.25, 0.3) is 0 Å². The van der Waals surface area contributed by atoms with Gasteiger partial charge in [0.15, 0.2) is 15.9 Å². The quantitative estimate of drug-likeness (QED) is 0.667. The van der Waals surface area contributed by atoms with Gasteiger partial charge in [-0.1, -0.05) is 11.6 Å². The predicted octanol–water partition coefficient (Wildman–Crippen LogP) is 2.35. The van der Waals surface area contributed by atoms with E-state index in [2.05, 4.69) is 10.6 Å². The van der Waals surface area contributed by atoms with E-state index in [4.69, 9.17) is 21.6 Å². The van der Waals surface area contributed by atoms with Crippen LogP contribution in [0, 0.1) is 11.3 Å². The van der Waals surface area contributed by atoms with Crippen LogP contribution >= 0.6 is 11.6 Å². The molecule has 1 aliphatic heterocycles. The zero-order chi connectivity index (χ0) is 22.3. The normalized spacial score (nSPS) is 24.0. The summed E-state index contributed by atoms with van der Waals surface area (Å²) in [5.74, 6) is -0.653. The Labute approximate surface area is 176 Å². The Hall–Kier alpha value is -2.03. The summed E-state index contributed by atoms with van der Waals surface area (Å²) in [5, 5.41) is 13.3. The summed E-state index contributed by atoms with van der Waals surface area (Å²) in [5.41, 5.74) is -0.859. The van der Waals surface area contributed by atoms with Gasteiger partial charge in [0.2, 0.25) is 5.91 Å². The van der Waals surface area contributed by atoms with Crippen LogP contribution < -0.4 is 15.4 Å². The summed E-state index contributed by atoms with van der Waals surface area (Å²) >= 11 is 6.03. The van der Waals surface area contributed by atoms with Crippen molar-refractivity contribution in [2.24, 2.45) is 0 Å². The number of nitrogens with one attached hydrogen (secondary N) is 2. The maximum absolute atomic E-state index is 12.9.